The van der Waals surface area contributed by atoms with Crippen molar-refractivity contribution in [1.82, 2.24) is 0 Å². The lowest BCUT2D eigenvalue weighted by Crippen LogP contribution is -2.26. The number of rotatable bonds is 3. The summed E-state index contributed by atoms with van der Waals surface area (Å²) in [6.45, 7) is 5.77. The van der Waals surface area contributed by atoms with Crippen LogP contribution in [0.25, 0.3) is 0 Å². The smallest absolute Gasteiger partial charge is 0.160 e. The van der Waals surface area contributed by atoms with E-state index in [1.54, 1.807) is 14.0 Å². The van der Waals surface area contributed by atoms with E-state index in [0.29, 0.717) is 0 Å². The summed E-state index contributed by atoms with van der Waals surface area (Å²) < 4.78 is 5.84. The summed E-state index contributed by atoms with van der Waals surface area (Å²) in [4.78, 5) is 11.6. The lowest BCUT2D eigenvalue weighted by Gasteiger charge is -2.30. The number of ether oxygens (including phenoxy) is 1. The molecule has 2 heteroatoms. The van der Waals surface area contributed by atoms with Crippen molar-refractivity contribution in [3.8, 4) is 0 Å². The Kier molecular flexibility index (Phi) is 3.58. The van der Waals surface area contributed by atoms with Gasteiger partial charge in [-0.05, 0) is 50.3 Å². The maximum Gasteiger partial charge on any atom is 0.160 e. The molecule has 0 saturated heterocycles. The van der Waals surface area contributed by atoms with Gasteiger partial charge in [-0.2, -0.15) is 0 Å². The summed E-state index contributed by atoms with van der Waals surface area (Å²) in [7, 11) is 1.80. The number of hydrogen-bond donors (Lipinski definition) is 0. The van der Waals surface area contributed by atoms with Crippen LogP contribution in [0.4, 0.5) is 0 Å². The molecular weight excluding hydrogens is 224 g/mol. The highest BCUT2D eigenvalue weighted by atomic mass is 16.5. The van der Waals surface area contributed by atoms with Crippen LogP contribution in [0.3, 0.4) is 0 Å². The van der Waals surface area contributed by atoms with Gasteiger partial charge in [0.05, 0.1) is 5.60 Å². The molecule has 1 aromatic carbocycles. The highest BCUT2D eigenvalue weighted by Crippen LogP contribution is 2.43. The molecule has 0 aromatic heterocycles. The van der Waals surface area contributed by atoms with E-state index in [-0.39, 0.29) is 11.4 Å². The average molecular weight is 246 g/mol. The number of benzene rings is 1. The van der Waals surface area contributed by atoms with Gasteiger partial charge in [-0.1, -0.05) is 25.0 Å². The van der Waals surface area contributed by atoms with Crippen molar-refractivity contribution in [2.24, 2.45) is 0 Å². The van der Waals surface area contributed by atoms with E-state index >= 15 is 0 Å². The number of ketones is 1. The Balaban J connectivity index is 2.53. The lowest BCUT2D eigenvalue weighted by molar-refractivity contribution is -0.00926. The van der Waals surface area contributed by atoms with Crippen LogP contribution in [0.15, 0.2) is 12.1 Å². The van der Waals surface area contributed by atoms with Gasteiger partial charge in [0, 0.05) is 12.7 Å². The minimum Gasteiger partial charge on any atom is -0.374 e. The first-order valence-electron chi connectivity index (χ1n) is 6.68. The zero-order chi connectivity index (χ0) is 13.3. The van der Waals surface area contributed by atoms with E-state index in [0.717, 1.165) is 24.0 Å². The molecular formula is C16H22O2. The average Bonchev–Trinajstić information content (AvgIpc) is 2.82. The van der Waals surface area contributed by atoms with Crippen molar-refractivity contribution in [3.63, 3.8) is 0 Å². The van der Waals surface area contributed by atoms with E-state index in [1.165, 1.54) is 24.0 Å². The summed E-state index contributed by atoms with van der Waals surface area (Å²) in [6, 6.07) is 4.05. The van der Waals surface area contributed by atoms with Crippen LogP contribution in [0, 0.1) is 13.8 Å². The summed E-state index contributed by atoms with van der Waals surface area (Å²) in [5.74, 6) is 0.139. The first-order chi connectivity index (χ1) is 8.52. The third kappa shape index (κ3) is 1.99. The van der Waals surface area contributed by atoms with E-state index in [4.69, 9.17) is 4.74 Å². The zero-order valence-electron chi connectivity index (χ0n) is 11.8. The Morgan fingerprint density at radius 3 is 2.28 bits per heavy atom. The monoisotopic (exact) mass is 246 g/mol. The summed E-state index contributed by atoms with van der Waals surface area (Å²) in [6.07, 6.45) is 4.62. The second-order valence-corrected chi connectivity index (χ2v) is 5.37. The normalized spacial score (nSPS) is 18.0. The van der Waals surface area contributed by atoms with Crippen LogP contribution >= 0.6 is 0 Å². The van der Waals surface area contributed by atoms with Gasteiger partial charge in [-0.25, -0.2) is 0 Å². The molecule has 1 aliphatic carbocycles. The fraction of sp³-hybridized carbons (Fsp3) is 0.562. The lowest BCUT2D eigenvalue weighted by atomic mass is 9.84. The largest absolute Gasteiger partial charge is 0.374 e. The third-order valence-electron chi connectivity index (χ3n) is 4.46. The first kappa shape index (κ1) is 13.3. The van der Waals surface area contributed by atoms with Gasteiger partial charge in [-0.15, -0.1) is 0 Å². The molecule has 18 heavy (non-hydrogen) atoms. The maximum atomic E-state index is 11.6. The second-order valence-electron chi connectivity index (χ2n) is 5.37. The van der Waals surface area contributed by atoms with Gasteiger partial charge < -0.3 is 4.74 Å². The summed E-state index contributed by atoms with van der Waals surface area (Å²) in [5.41, 5.74) is 4.30. The molecule has 0 N–H and O–H groups in total. The van der Waals surface area contributed by atoms with Crippen LogP contribution in [-0.4, -0.2) is 12.9 Å². The van der Waals surface area contributed by atoms with Crippen molar-refractivity contribution in [1.29, 1.82) is 0 Å². The second kappa shape index (κ2) is 4.85. The Morgan fingerprint density at radius 2 is 1.78 bits per heavy atom. The topological polar surface area (TPSA) is 26.3 Å². The van der Waals surface area contributed by atoms with Crippen molar-refractivity contribution < 1.29 is 9.53 Å². The Bertz CT molecular complexity index is 468. The fourth-order valence-electron chi connectivity index (χ4n) is 3.23. The molecule has 0 radical (unpaired) electrons. The molecule has 0 heterocycles. The van der Waals surface area contributed by atoms with Crippen LogP contribution in [-0.2, 0) is 10.3 Å². The van der Waals surface area contributed by atoms with E-state index < -0.39 is 0 Å². The molecule has 0 aliphatic heterocycles. The van der Waals surface area contributed by atoms with Gasteiger partial charge in [0.25, 0.3) is 0 Å². The molecule has 2 rings (SSSR count). The Hall–Kier alpha value is -1.15. The molecule has 1 fully saturated rings. The predicted molar refractivity (Wildman–Crippen MR) is 73.1 cm³/mol. The SMILES string of the molecule is COC1(c2ccc(C(C)=O)c(C)c2C)CCCC1. The number of hydrogen-bond acceptors (Lipinski definition) is 2. The first-order valence-corrected chi connectivity index (χ1v) is 6.68. The van der Waals surface area contributed by atoms with Gasteiger partial charge in [0.15, 0.2) is 5.78 Å². The summed E-state index contributed by atoms with van der Waals surface area (Å²) in [5, 5.41) is 0. The molecule has 1 saturated carbocycles. The number of Topliss-reactive ketones (excluding diaryl/α,β-unsaturated/α-hetero) is 1. The third-order valence-corrected chi connectivity index (χ3v) is 4.46. The molecule has 98 valence electrons. The molecule has 0 spiro atoms. The molecule has 0 amide bonds. The fourth-order valence-corrected chi connectivity index (χ4v) is 3.23. The van der Waals surface area contributed by atoms with E-state index in [9.17, 15) is 4.79 Å². The minimum absolute atomic E-state index is 0.121. The van der Waals surface area contributed by atoms with Gasteiger partial charge in [0.2, 0.25) is 0 Å². The molecule has 0 unspecified atom stereocenters. The molecule has 0 atom stereocenters. The van der Waals surface area contributed by atoms with Gasteiger partial charge in [0.1, 0.15) is 0 Å². The highest BCUT2D eigenvalue weighted by molar-refractivity contribution is 5.95. The van der Waals surface area contributed by atoms with Crippen molar-refractivity contribution in [2.75, 3.05) is 7.11 Å². The molecule has 2 nitrogen and oxygen atoms in total. The number of carbonyl (C=O) groups excluding carboxylic acids is 1. The van der Waals surface area contributed by atoms with Crippen molar-refractivity contribution in [2.45, 2.75) is 52.1 Å². The van der Waals surface area contributed by atoms with E-state index in [1.807, 2.05) is 13.0 Å². The van der Waals surface area contributed by atoms with Gasteiger partial charge in [-0.3, -0.25) is 4.79 Å². The van der Waals surface area contributed by atoms with Crippen molar-refractivity contribution >= 4 is 5.78 Å². The summed E-state index contributed by atoms with van der Waals surface area (Å²) >= 11 is 0. The Labute approximate surface area is 109 Å². The van der Waals surface area contributed by atoms with Crippen LogP contribution < -0.4 is 0 Å². The maximum absolute atomic E-state index is 11.6. The van der Waals surface area contributed by atoms with E-state index in [2.05, 4.69) is 13.0 Å². The molecule has 1 aromatic rings. The quantitative estimate of drug-likeness (QED) is 0.755. The minimum atomic E-state index is -0.121. The predicted octanol–water partition coefficient (Wildman–Crippen LogP) is 3.92. The molecule has 1 aliphatic rings. The Morgan fingerprint density at radius 1 is 1.17 bits per heavy atom. The zero-order valence-corrected chi connectivity index (χ0v) is 11.8. The van der Waals surface area contributed by atoms with Crippen LogP contribution in [0.5, 0.6) is 0 Å². The number of methoxy groups -OCH3 is 1. The van der Waals surface area contributed by atoms with Gasteiger partial charge >= 0.3 is 0 Å². The van der Waals surface area contributed by atoms with Crippen LogP contribution in [0.1, 0.15) is 59.7 Å². The standard InChI is InChI=1S/C16H22O2/c1-11-12(2)15(8-7-14(11)13(3)17)16(18-4)9-5-6-10-16/h7-8H,5-6,9-10H2,1-4H3. The van der Waals surface area contributed by atoms with Crippen molar-refractivity contribution in [3.05, 3.63) is 34.4 Å². The highest BCUT2D eigenvalue weighted by Gasteiger charge is 2.37. The molecule has 0 bridgehead atoms. The van der Waals surface area contributed by atoms with Crippen LogP contribution in [0.2, 0.25) is 0 Å². The number of carbonyl (C=O) groups is 1.